The smallest absolute Gasteiger partial charge is 0.861 e. The number of hydrogen-bond acceptors (Lipinski definition) is 7. The monoisotopic (exact) mass is 1130 g/mol. The SMILES string of the molecule is CCCC[N+](CCCC)(CCCC)CCCC.CCCC[N+](CCCC)(CCCC)CCCC.CCCC[N+](CCCC)(CCCC)CCCC.[O-][Si]([O-])([O-])O[Si](Oc1ccccc1)(Oc1ccccc1)Oc1ccccc1. The van der Waals surface area contributed by atoms with Crippen molar-refractivity contribution in [1.29, 1.82) is 0 Å². The van der Waals surface area contributed by atoms with Gasteiger partial charge in [-0.05, 0) is 113 Å². The fraction of sp³-hybridized carbons (Fsp3) is 0.727. The molecule has 0 unspecified atom stereocenters. The van der Waals surface area contributed by atoms with Gasteiger partial charge in [-0.15, -0.1) is 9.05 Å². The number of unbranched alkanes of at least 4 members (excludes halogenated alkanes) is 12. The van der Waals surface area contributed by atoms with Crippen LogP contribution in [0.3, 0.4) is 0 Å². The zero-order valence-electron chi connectivity index (χ0n) is 52.8. The lowest BCUT2D eigenvalue weighted by Gasteiger charge is -2.55. The van der Waals surface area contributed by atoms with Gasteiger partial charge in [-0.3, -0.25) is 0 Å². The summed E-state index contributed by atoms with van der Waals surface area (Å²) in [6.07, 6.45) is 33.2. The molecule has 0 heterocycles. The molecule has 3 rings (SSSR count). The molecule has 0 amide bonds. The Morgan fingerprint density at radius 3 is 0.551 bits per heavy atom. The van der Waals surface area contributed by atoms with E-state index in [2.05, 4.69) is 83.1 Å². The molecule has 10 nitrogen and oxygen atoms in total. The number of hydrogen-bond donors (Lipinski definition) is 0. The maximum atomic E-state index is 11.5. The number of para-hydroxylation sites is 3. The highest BCUT2D eigenvalue weighted by molar-refractivity contribution is 6.65. The highest BCUT2D eigenvalue weighted by Crippen LogP contribution is 2.26. The quantitative estimate of drug-likeness (QED) is 0.0410. The minimum absolute atomic E-state index is 0.231. The molecule has 0 aliphatic rings. The van der Waals surface area contributed by atoms with Gasteiger partial charge in [-0.2, -0.15) is 0 Å². The second kappa shape index (κ2) is 47.8. The molecule has 452 valence electrons. The van der Waals surface area contributed by atoms with Crippen LogP contribution < -0.4 is 27.7 Å². The molecular formula is C66H123N3O7Si2. The van der Waals surface area contributed by atoms with Crippen molar-refractivity contribution in [1.82, 2.24) is 0 Å². The molecule has 0 aliphatic carbocycles. The molecule has 78 heavy (non-hydrogen) atoms. The van der Waals surface area contributed by atoms with E-state index in [1.807, 2.05) is 0 Å². The van der Waals surface area contributed by atoms with Crippen LogP contribution in [0.15, 0.2) is 91.0 Å². The highest BCUT2D eigenvalue weighted by atomic mass is 28.5. The van der Waals surface area contributed by atoms with E-state index >= 15 is 0 Å². The first-order valence-electron chi connectivity index (χ1n) is 32.3. The average molecular weight is 1130 g/mol. The first kappa shape index (κ1) is 75.2. The number of quaternary nitrogens is 3. The second-order valence-corrected chi connectivity index (χ2v) is 25.7. The summed E-state index contributed by atoms with van der Waals surface area (Å²) in [6, 6.07) is 24.7. The summed E-state index contributed by atoms with van der Waals surface area (Å²) in [5.41, 5.74) is 0. The maximum absolute atomic E-state index is 11.5. The standard InChI is InChI=1S/C18H15O7Si2.3C16H36N/c19-26(20,21)25-27(22-16-10-4-1-5-11-16,23-17-12-6-2-7-13-17)24-18-14-8-3-9-15-18;3*1-5-9-13-17(14-10-6-2,15-11-7-3)16-12-8-4/h1-15H;3*5-16H2,1-4H3/q-3;3*+1. The highest BCUT2D eigenvalue weighted by Gasteiger charge is 2.54. The van der Waals surface area contributed by atoms with Gasteiger partial charge in [0.2, 0.25) is 0 Å². The van der Waals surface area contributed by atoms with Gasteiger partial charge >= 0.3 is 9.05 Å². The Hall–Kier alpha value is -2.79. The maximum Gasteiger partial charge on any atom is 0.878 e. The van der Waals surface area contributed by atoms with Gasteiger partial charge < -0.3 is 45.2 Å². The minimum atomic E-state index is -5.82. The molecule has 0 spiro atoms. The molecule has 0 saturated carbocycles. The second-order valence-electron chi connectivity index (χ2n) is 22.3. The van der Waals surface area contributed by atoms with Crippen LogP contribution in [0.5, 0.6) is 17.2 Å². The van der Waals surface area contributed by atoms with E-state index in [1.54, 1.807) is 91.0 Å². The summed E-state index contributed by atoms with van der Waals surface area (Å²) in [4.78, 5) is 34.5. The predicted octanol–water partition coefficient (Wildman–Crippen LogP) is 15.2. The zero-order chi connectivity index (χ0) is 58.1. The zero-order valence-corrected chi connectivity index (χ0v) is 54.8. The van der Waals surface area contributed by atoms with Crippen molar-refractivity contribution >= 4 is 18.1 Å². The largest absolute Gasteiger partial charge is 0.878 e. The van der Waals surface area contributed by atoms with Crippen LogP contribution in [-0.4, -0.2) is 110 Å². The van der Waals surface area contributed by atoms with Crippen LogP contribution in [0.2, 0.25) is 0 Å². The summed E-state index contributed by atoms with van der Waals surface area (Å²) in [7, 11) is -10.3. The van der Waals surface area contributed by atoms with Crippen molar-refractivity contribution in [2.75, 3.05) is 78.5 Å². The molecule has 0 aliphatic heterocycles. The van der Waals surface area contributed by atoms with Crippen LogP contribution in [0.25, 0.3) is 0 Å². The molecule has 3 aromatic rings. The lowest BCUT2D eigenvalue weighted by atomic mass is 10.1. The fourth-order valence-electron chi connectivity index (χ4n) is 10.1. The van der Waals surface area contributed by atoms with Crippen LogP contribution in [0.1, 0.15) is 237 Å². The molecule has 0 atom stereocenters. The van der Waals surface area contributed by atoms with Gasteiger partial charge in [0.15, 0.2) is 0 Å². The molecule has 0 N–H and O–H groups in total. The molecule has 3 aromatic carbocycles. The number of nitrogens with zero attached hydrogens (tertiary/aromatic N) is 3. The third-order valence-electron chi connectivity index (χ3n) is 15.0. The Bertz CT molecular complexity index is 1420. The molecule has 0 aromatic heterocycles. The van der Waals surface area contributed by atoms with Gasteiger partial charge in [-0.25, -0.2) is 0 Å². The van der Waals surface area contributed by atoms with Gasteiger partial charge in [0.1, 0.15) is 17.2 Å². The molecular weight excluding hydrogens is 1000 g/mol. The van der Waals surface area contributed by atoms with Crippen molar-refractivity contribution in [3.05, 3.63) is 91.0 Å². The Kier molecular flexibility index (Phi) is 46.1. The Morgan fingerprint density at radius 2 is 0.423 bits per heavy atom. The van der Waals surface area contributed by atoms with Gasteiger partial charge in [0, 0.05) is 0 Å². The molecule has 0 fully saturated rings. The van der Waals surface area contributed by atoms with Crippen LogP contribution in [0, 0.1) is 0 Å². The van der Waals surface area contributed by atoms with Crippen molar-refractivity contribution in [2.24, 2.45) is 0 Å². The minimum Gasteiger partial charge on any atom is -0.861 e. The number of benzene rings is 3. The van der Waals surface area contributed by atoms with Crippen molar-refractivity contribution in [3.63, 3.8) is 0 Å². The summed E-state index contributed by atoms with van der Waals surface area (Å²) in [6.45, 7) is 45.1. The van der Waals surface area contributed by atoms with E-state index < -0.39 is 18.1 Å². The average Bonchev–Trinajstić information content (AvgIpc) is 3.45. The van der Waals surface area contributed by atoms with Gasteiger partial charge in [-0.1, -0.05) is 215 Å². The third-order valence-corrected chi connectivity index (χ3v) is 18.5. The van der Waals surface area contributed by atoms with E-state index in [1.165, 1.54) is 246 Å². The first-order valence-corrected chi connectivity index (χ1v) is 35.5. The fourth-order valence-corrected chi connectivity index (χ4v) is 13.2. The Balaban J connectivity index is 0.00000104. The van der Waals surface area contributed by atoms with Crippen LogP contribution >= 0.6 is 0 Å². The molecule has 0 bridgehead atoms. The first-order chi connectivity index (χ1) is 37.7. The van der Waals surface area contributed by atoms with E-state index in [0.717, 1.165) is 0 Å². The lowest BCUT2D eigenvalue weighted by molar-refractivity contribution is -0.929. The van der Waals surface area contributed by atoms with Crippen LogP contribution in [0.4, 0.5) is 0 Å². The van der Waals surface area contributed by atoms with Crippen molar-refractivity contribution in [2.45, 2.75) is 237 Å². The predicted molar refractivity (Wildman–Crippen MR) is 332 cm³/mol. The summed E-state index contributed by atoms with van der Waals surface area (Å²) >= 11 is 0. The van der Waals surface area contributed by atoms with E-state index in [9.17, 15) is 14.4 Å². The Labute approximate surface area is 485 Å². The topological polar surface area (TPSA) is 106 Å². The number of rotatable bonds is 44. The van der Waals surface area contributed by atoms with Crippen molar-refractivity contribution < 1.29 is 45.2 Å². The van der Waals surface area contributed by atoms with Gasteiger partial charge in [0.05, 0.1) is 78.5 Å². The molecule has 0 saturated heterocycles. The normalized spacial score (nSPS) is 11.9. The molecule has 0 radical (unpaired) electrons. The summed E-state index contributed by atoms with van der Waals surface area (Å²) in [5, 5.41) is 0. The van der Waals surface area contributed by atoms with Crippen molar-refractivity contribution in [3.8, 4) is 17.2 Å². The van der Waals surface area contributed by atoms with Crippen LogP contribution in [-0.2, 0) is 4.12 Å². The van der Waals surface area contributed by atoms with E-state index in [0.29, 0.717) is 0 Å². The van der Waals surface area contributed by atoms with Gasteiger partial charge in [0.25, 0.3) is 0 Å². The molecule has 12 heteroatoms. The third kappa shape index (κ3) is 36.5. The summed E-state index contributed by atoms with van der Waals surface area (Å²) in [5.74, 6) is 0.692. The van der Waals surface area contributed by atoms with E-state index in [4.69, 9.17) is 17.4 Å². The lowest BCUT2D eigenvalue weighted by Crippen LogP contribution is -2.81. The summed E-state index contributed by atoms with van der Waals surface area (Å²) < 4.78 is 26.1. The Morgan fingerprint density at radius 1 is 0.269 bits per heavy atom. The van der Waals surface area contributed by atoms with E-state index in [-0.39, 0.29) is 17.2 Å².